The molecule has 1 rings (SSSR count). The van der Waals surface area contributed by atoms with Gasteiger partial charge in [0, 0.05) is 25.4 Å². The summed E-state index contributed by atoms with van der Waals surface area (Å²) in [5, 5.41) is 18.9. The van der Waals surface area contributed by atoms with Gasteiger partial charge < -0.3 is 19.8 Å². The highest BCUT2D eigenvalue weighted by Gasteiger charge is 2.14. The van der Waals surface area contributed by atoms with Crippen molar-refractivity contribution in [1.29, 1.82) is 0 Å². The van der Waals surface area contributed by atoms with Gasteiger partial charge in [-0.1, -0.05) is 31.5 Å². The molecule has 1 unspecified atom stereocenters. The van der Waals surface area contributed by atoms with E-state index in [1.54, 1.807) is 0 Å². The number of nitrogens with zero attached hydrogens (tertiary/aromatic N) is 1. The fourth-order valence-corrected chi connectivity index (χ4v) is 1.97. The Hall–Kier alpha value is -1.59. The monoisotopic (exact) mass is 295 g/mol. The standard InChI is InChI=1S/C16H25NO4/c1-2-3-11-21-13-15(18)12-17(10-9-16(19)20)14-7-5-4-6-8-14/h4-8,15,18H,2-3,9-13H2,1H3,(H,19,20). The second kappa shape index (κ2) is 10.2. The van der Waals surface area contributed by atoms with Crippen molar-refractivity contribution in [3.05, 3.63) is 30.3 Å². The Labute approximate surface area is 126 Å². The fourth-order valence-electron chi connectivity index (χ4n) is 1.97. The zero-order chi connectivity index (χ0) is 15.5. The molecule has 5 heteroatoms. The lowest BCUT2D eigenvalue weighted by molar-refractivity contribution is -0.136. The van der Waals surface area contributed by atoms with Gasteiger partial charge >= 0.3 is 5.97 Å². The Bertz CT molecular complexity index is 397. The Morgan fingerprint density at radius 3 is 2.67 bits per heavy atom. The van der Waals surface area contributed by atoms with E-state index in [4.69, 9.17) is 9.84 Å². The molecule has 1 aromatic rings. The van der Waals surface area contributed by atoms with Crippen LogP contribution in [0.4, 0.5) is 5.69 Å². The maximum absolute atomic E-state index is 10.8. The third kappa shape index (κ3) is 7.68. The molecular weight excluding hydrogens is 270 g/mol. The van der Waals surface area contributed by atoms with E-state index in [0.29, 0.717) is 19.7 Å². The third-order valence-electron chi connectivity index (χ3n) is 3.10. The van der Waals surface area contributed by atoms with Crippen LogP contribution in [0, 0.1) is 0 Å². The van der Waals surface area contributed by atoms with Gasteiger partial charge in [-0.15, -0.1) is 0 Å². The van der Waals surface area contributed by atoms with E-state index >= 15 is 0 Å². The van der Waals surface area contributed by atoms with Crippen LogP contribution in [-0.4, -0.2) is 48.6 Å². The fraction of sp³-hybridized carbons (Fsp3) is 0.562. The van der Waals surface area contributed by atoms with Gasteiger partial charge in [0.05, 0.1) is 19.1 Å². The summed E-state index contributed by atoms with van der Waals surface area (Å²) in [5.74, 6) is -0.843. The predicted molar refractivity (Wildman–Crippen MR) is 82.6 cm³/mol. The van der Waals surface area contributed by atoms with Crippen molar-refractivity contribution in [1.82, 2.24) is 0 Å². The molecule has 0 heterocycles. The van der Waals surface area contributed by atoms with Gasteiger partial charge in [-0.3, -0.25) is 4.79 Å². The number of benzene rings is 1. The average Bonchev–Trinajstić information content (AvgIpc) is 2.48. The van der Waals surface area contributed by atoms with Crippen molar-refractivity contribution in [2.24, 2.45) is 0 Å². The van der Waals surface area contributed by atoms with Crippen LogP contribution in [0.1, 0.15) is 26.2 Å². The Balaban J connectivity index is 2.50. The molecule has 0 aliphatic rings. The van der Waals surface area contributed by atoms with E-state index in [9.17, 15) is 9.90 Å². The maximum atomic E-state index is 10.8. The van der Waals surface area contributed by atoms with Gasteiger partial charge in [-0.2, -0.15) is 0 Å². The first-order valence-corrected chi connectivity index (χ1v) is 7.41. The van der Waals surface area contributed by atoms with Crippen molar-refractivity contribution in [3.8, 4) is 0 Å². The summed E-state index contributed by atoms with van der Waals surface area (Å²) in [5.41, 5.74) is 0.909. The molecule has 0 aliphatic carbocycles. The van der Waals surface area contributed by atoms with E-state index in [0.717, 1.165) is 18.5 Å². The molecule has 0 spiro atoms. The number of aliphatic carboxylic acids is 1. The predicted octanol–water partition coefficient (Wildman–Crippen LogP) is 2.15. The van der Waals surface area contributed by atoms with Crippen LogP contribution in [0.25, 0.3) is 0 Å². The van der Waals surface area contributed by atoms with Crippen LogP contribution in [0.5, 0.6) is 0 Å². The Morgan fingerprint density at radius 2 is 2.05 bits per heavy atom. The minimum atomic E-state index is -0.843. The van der Waals surface area contributed by atoms with Gasteiger partial charge in [0.15, 0.2) is 0 Å². The first-order valence-electron chi connectivity index (χ1n) is 7.41. The summed E-state index contributed by atoms with van der Waals surface area (Å²) in [7, 11) is 0. The molecule has 118 valence electrons. The average molecular weight is 295 g/mol. The smallest absolute Gasteiger partial charge is 0.305 e. The lowest BCUT2D eigenvalue weighted by atomic mass is 10.2. The number of anilines is 1. The minimum Gasteiger partial charge on any atom is -0.481 e. The number of aliphatic hydroxyl groups is 1. The second-order valence-electron chi connectivity index (χ2n) is 5.01. The highest BCUT2D eigenvalue weighted by Crippen LogP contribution is 2.14. The number of rotatable bonds is 11. The quantitative estimate of drug-likeness (QED) is 0.612. The molecule has 21 heavy (non-hydrogen) atoms. The molecule has 0 fully saturated rings. The van der Waals surface area contributed by atoms with Gasteiger partial charge in [-0.05, 0) is 18.6 Å². The summed E-state index contributed by atoms with van der Waals surface area (Å²) in [6.07, 6.45) is 1.45. The van der Waals surface area contributed by atoms with Crippen LogP contribution in [-0.2, 0) is 9.53 Å². The molecule has 0 aliphatic heterocycles. The van der Waals surface area contributed by atoms with Gasteiger partial charge in [0.1, 0.15) is 0 Å². The zero-order valence-electron chi connectivity index (χ0n) is 12.6. The van der Waals surface area contributed by atoms with Crippen molar-refractivity contribution >= 4 is 11.7 Å². The highest BCUT2D eigenvalue weighted by atomic mass is 16.5. The number of ether oxygens (including phenoxy) is 1. The largest absolute Gasteiger partial charge is 0.481 e. The Kier molecular flexibility index (Phi) is 8.47. The van der Waals surface area contributed by atoms with E-state index in [1.807, 2.05) is 35.2 Å². The summed E-state index contributed by atoms with van der Waals surface area (Å²) in [6, 6.07) is 9.52. The number of hydrogen-bond donors (Lipinski definition) is 2. The number of para-hydroxylation sites is 1. The summed E-state index contributed by atoms with van der Waals surface area (Å²) in [4.78, 5) is 12.6. The molecule has 0 amide bonds. The molecule has 2 N–H and O–H groups in total. The number of hydrogen-bond acceptors (Lipinski definition) is 4. The van der Waals surface area contributed by atoms with E-state index in [-0.39, 0.29) is 13.0 Å². The van der Waals surface area contributed by atoms with Gasteiger partial charge in [0.2, 0.25) is 0 Å². The topological polar surface area (TPSA) is 70.0 Å². The van der Waals surface area contributed by atoms with Crippen LogP contribution in [0.3, 0.4) is 0 Å². The Morgan fingerprint density at radius 1 is 1.33 bits per heavy atom. The van der Waals surface area contributed by atoms with Crippen molar-refractivity contribution in [2.45, 2.75) is 32.3 Å². The number of aliphatic hydroxyl groups excluding tert-OH is 1. The number of unbranched alkanes of at least 4 members (excludes halogenated alkanes) is 1. The van der Waals surface area contributed by atoms with Crippen molar-refractivity contribution in [2.75, 3.05) is 31.2 Å². The molecular formula is C16H25NO4. The first kappa shape index (κ1) is 17.5. The molecule has 5 nitrogen and oxygen atoms in total. The molecule has 0 saturated heterocycles. The highest BCUT2D eigenvalue weighted by molar-refractivity contribution is 5.67. The third-order valence-corrected chi connectivity index (χ3v) is 3.10. The molecule has 1 aromatic carbocycles. The molecule has 0 radical (unpaired) electrons. The molecule has 0 aromatic heterocycles. The van der Waals surface area contributed by atoms with Gasteiger partial charge in [0.25, 0.3) is 0 Å². The lowest BCUT2D eigenvalue weighted by Gasteiger charge is -2.26. The van der Waals surface area contributed by atoms with Crippen molar-refractivity contribution < 1.29 is 19.7 Å². The van der Waals surface area contributed by atoms with Crippen molar-refractivity contribution in [3.63, 3.8) is 0 Å². The minimum absolute atomic E-state index is 0.0400. The van der Waals surface area contributed by atoms with Crippen LogP contribution in [0.15, 0.2) is 30.3 Å². The number of carboxylic acid groups (broad SMARTS) is 1. The van der Waals surface area contributed by atoms with Gasteiger partial charge in [-0.25, -0.2) is 0 Å². The molecule has 0 bridgehead atoms. The summed E-state index contributed by atoms with van der Waals surface area (Å²) < 4.78 is 5.41. The van der Waals surface area contributed by atoms with Crippen LogP contribution < -0.4 is 4.90 Å². The van der Waals surface area contributed by atoms with E-state index in [2.05, 4.69) is 6.92 Å². The summed E-state index contributed by atoms with van der Waals surface area (Å²) in [6.45, 7) is 3.74. The number of carboxylic acids is 1. The zero-order valence-corrected chi connectivity index (χ0v) is 12.6. The second-order valence-corrected chi connectivity index (χ2v) is 5.01. The maximum Gasteiger partial charge on any atom is 0.305 e. The molecule has 0 saturated carbocycles. The van der Waals surface area contributed by atoms with Crippen LogP contribution in [0.2, 0.25) is 0 Å². The normalized spacial score (nSPS) is 12.1. The molecule has 1 atom stereocenters. The SMILES string of the molecule is CCCCOCC(O)CN(CCC(=O)O)c1ccccc1. The summed E-state index contributed by atoms with van der Waals surface area (Å²) >= 11 is 0. The number of carbonyl (C=O) groups is 1. The first-order chi connectivity index (χ1) is 10.1. The van der Waals surface area contributed by atoms with E-state index in [1.165, 1.54) is 0 Å². The van der Waals surface area contributed by atoms with E-state index < -0.39 is 12.1 Å². The lowest BCUT2D eigenvalue weighted by Crippen LogP contribution is -2.36. The van der Waals surface area contributed by atoms with Crippen LogP contribution >= 0.6 is 0 Å².